The summed E-state index contributed by atoms with van der Waals surface area (Å²) in [5.74, 6) is -1.04. The Morgan fingerprint density at radius 1 is 1.24 bits per heavy atom. The Morgan fingerprint density at radius 3 is 2.43 bits per heavy atom. The van der Waals surface area contributed by atoms with E-state index in [2.05, 4.69) is 10.6 Å². The van der Waals surface area contributed by atoms with E-state index in [0.717, 1.165) is 0 Å². The Bertz CT molecular complexity index is 540. The zero-order chi connectivity index (χ0) is 16.0. The van der Waals surface area contributed by atoms with Gasteiger partial charge in [0.25, 0.3) is 0 Å². The highest BCUT2D eigenvalue weighted by molar-refractivity contribution is 5.97. The van der Waals surface area contributed by atoms with E-state index >= 15 is 0 Å². The van der Waals surface area contributed by atoms with Crippen molar-refractivity contribution in [3.8, 4) is 0 Å². The molecule has 1 atom stereocenters. The molecule has 21 heavy (non-hydrogen) atoms. The van der Waals surface area contributed by atoms with Crippen molar-refractivity contribution in [2.24, 2.45) is 5.92 Å². The summed E-state index contributed by atoms with van der Waals surface area (Å²) in [5, 5.41) is 14.0. The number of ketones is 1. The van der Waals surface area contributed by atoms with Crippen molar-refractivity contribution < 1.29 is 19.5 Å². The van der Waals surface area contributed by atoms with E-state index in [-0.39, 0.29) is 11.7 Å². The largest absolute Gasteiger partial charge is 0.480 e. The second kappa shape index (κ2) is 7.42. The quantitative estimate of drug-likeness (QED) is 0.702. The summed E-state index contributed by atoms with van der Waals surface area (Å²) < 4.78 is 0. The van der Waals surface area contributed by atoms with Crippen molar-refractivity contribution in [3.63, 3.8) is 0 Å². The van der Waals surface area contributed by atoms with Crippen LogP contribution in [0.1, 0.15) is 37.6 Å². The maximum Gasteiger partial charge on any atom is 0.326 e. The van der Waals surface area contributed by atoms with Crippen LogP contribution >= 0.6 is 0 Å². The van der Waals surface area contributed by atoms with Gasteiger partial charge in [0.2, 0.25) is 0 Å². The number of nitrogens with one attached hydrogen (secondary N) is 2. The fourth-order valence-corrected chi connectivity index (χ4v) is 1.83. The molecule has 0 spiro atoms. The number of Topliss-reactive ketones (excluding diaryl/α,β-unsaturated/α-hetero) is 1. The summed E-state index contributed by atoms with van der Waals surface area (Å²) in [6.45, 7) is 5.19. The van der Waals surface area contributed by atoms with Crippen molar-refractivity contribution in [1.82, 2.24) is 5.32 Å². The first-order chi connectivity index (χ1) is 9.79. The zero-order valence-electron chi connectivity index (χ0n) is 12.3. The van der Waals surface area contributed by atoms with E-state index in [0.29, 0.717) is 17.7 Å². The number of carbonyl (C=O) groups excluding carboxylic acids is 2. The summed E-state index contributed by atoms with van der Waals surface area (Å²) in [4.78, 5) is 34.2. The highest BCUT2D eigenvalue weighted by Gasteiger charge is 2.21. The monoisotopic (exact) mass is 292 g/mol. The lowest BCUT2D eigenvalue weighted by molar-refractivity contribution is -0.139. The second-order valence-corrected chi connectivity index (χ2v) is 5.26. The van der Waals surface area contributed by atoms with Gasteiger partial charge in [-0.25, -0.2) is 9.59 Å². The number of anilines is 1. The molecule has 0 aliphatic rings. The van der Waals surface area contributed by atoms with Gasteiger partial charge in [0, 0.05) is 11.3 Å². The summed E-state index contributed by atoms with van der Waals surface area (Å²) in [6.07, 6.45) is 0.343. The molecule has 0 aliphatic carbocycles. The zero-order valence-corrected chi connectivity index (χ0v) is 12.3. The SMILES string of the molecule is CC(=O)c1cccc(NC(=O)N[C@H](CC(C)C)C(=O)O)c1. The molecule has 0 bridgehead atoms. The number of carbonyl (C=O) groups is 3. The number of carboxylic acids is 1. The standard InChI is InChI=1S/C15H20N2O4/c1-9(2)7-13(14(19)20)17-15(21)16-12-6-4-5-11(8-12)10(3)18/h4-6,8-9,13H,7H2,1-3H3,(H,19,20)(H2,16,17,21)/t13-/m1/s1. The molecule has 1 aromatic rings. The molecule has 0 aliphatic heterocycles. The summed E-state index contributed by atoms with van der Waals surface area (Å²) in [5.41, 5.74) is 0.915. The number of carboxylic acid groups (broad SMARTS) is 1. The van der Waals surface area contributed by atoms with Gasteiger partial charge in [0.1, 0.15) is 6.04 Å². The third-order valence-electron chi connectivity index (χ3n) is 2.84. The lowest BCUT2D eigenvalue weighted by Gasteiger charge is -2.17. The fraction of sp³-hybridized carbons (Fsp3) is 0.400. The Balaban J connectivity index is 2.70. The first-order valence-corrected chi connectivity index (χ1v) is 6.71. The number of hydrogen-bond acceptors (Lipinski definition) is 3. The first kappa shape index (κ1) is 16.7. The molecule has 1 rings (SSSR count). The highest BCUT2D eigenvalue weighted by Crippen LogP contribution is 2.11. The van der Waals surface area contributed by atoms with Gasteiger partial charge in [-0.2, -0.15) is 0 Å². The summed E-state index contributed by atoms with van der Waals surface area (Å²) in [6, 6.07) is 4.91. The maximum atomic E-state index is 11.8. The van der Waals surface area contributed by atoms with Crippen molar-refractivity contribution in [2.75, 3.05) is 5.32 Å². The lowest BCUT2D eigenvalue weighted by Crippen LogP contribution is -2.43. The predicted molar refractivity (Wildman–Crippen MR) is 79.5 cm³/mol. The average molecular weight is 292 g/mol. The number of amides is 2. The van der Waals surface area contributed by atoms with E-state index in [4.69, 9.17) is 5.11 Å². The van der Waals surface area contributed by atoms with Crippen molar-refractivity contribution >= 4 is 23.5 Å². The first-order valence-electron chi connectivity index (χ1n) is 6.71. The normalized spacial score (nSPS) is 11.8. The van der Waals surface area contributed by atoms with Gasteiger partial charge in [-0.3, -0.25) is 4.79 Å². The number of benzene rings is 1. The molecule has 0 saturated carbocycles. The molecule has 0 saturated heterocycles. The van der Waals surface area contributed by atoms with Gasteiger partial charge in [0.05, 0.1) is 0 Å². The minimum Gasteiger partial charge on any atom is -0.480 e. The molecule has 0 aromatic heterocycles. The third kappa shape index (κ3) is 5.64. The van der Waals surface area contributed by atoms with Gasteiger partial charge >= 0.3 is 12.0 Å². The molecule has 0 unspecified atom stereocenters. The number of urea groups is 1. The molecule has 3 N–H and O–H groups in total. The molecule has 0 radical (unpaired) electrons. The molecule has 2 amide bonds. The van der Waals surface area contributed by atoms with Gasteiger partial charge in [-0.1, -0.05) is 26.0 Å². The number of hydrogen-bond donors (Lipinski definition) is 3. The molecular formula is C15H20N2O4. The molecular weight excluding hydrogens is 272 g/mol. The average Bonchev–Trinajstić information content (AvgIpc) is 2.37. The Morgan fingerprint density at radius 2 is 1.90 bits per heavy atom. The van der Waals surface area contributed by atoms with Gasteiger partial charge in [-0.15, -0.1) is 0 Å². The minimum absolute atomic E-state index is 0.109. The number of aliphatic carboxylic acids is 1. The van der Waals surface area contributed by atoms with Gasteiger partial charge < -0.3 is 15.7 Å². The van der Waals surface area contributed by atoms with E-state index in [1.807, 2.05) is 13.8 Å². The van der Waals surface area contributed by atoms with Crippen LogP contribution in [0.15, 0.2) is 24.3 Å². The lowest BCUT2D eigenvalue weighted by atomic mass is 10.0. The Kier molecular flexibility index (Phi) is 5.90. The fourth-order valence-electron chi connectivity index (χ4n) is 1.83. The molecule has 0 heterocycles. The third-order valence-corrected chi connectivity index (χ3v) is 2.84. The second-order valence-electron chi connectivity index (χ2n) is 5.26. The molecule has 6 nitrogen and oxygen atoms in total. The van der Waals surface area contributed by atoms with Crippen molar-refractivity contribution in [2.45, 2.75) is 33.2 Å². The van der Waals surface area contributed by atoms with Crippen LogP contribution in [-0.4, -0.2) is 28.9 Å². The molecule has 6 heteroatoms. The van der Waals surface area contributed by atoms with Crippen molar-refractivity contribution in [3.05, 3.63) is 29.8 Å². The molecule has 1 aromatic carbocycles. The van der Waals surface area contributed by atoms with Gasteiger partial charge in [-0.05, 0) is 31.4 Å². The molecule has 114 valence electrons. The van der Waals surface area contributed by atoms with Gasteiger partial charge in [0.15, 0.2) is 5.78 Å². The topological polar surface area (TPSA) is 95.5 Å². The van der Waals surface area contributed by atoms with Crippen molar-refractivity contribution in [1.29, 1.82) is 0 Å². The van der Waals surface area contributed by atoms with E-state index < -0.39 is 18.0 Å². The van der Waals surface area contributed by atoms with Crippen LogP contribution in [0.25, 0.3) is 0 Å². The minimum atomic E-state index is -1.07. The van der Waals surface area contributed by atoms with Crippen LogP contribution in [0.5, 0.6) is 0 Å². The van der Waals surface area contributed by atoms with Crippen LogP contribution < -0.4 is 10.6 Å². The van der Waals surface area contributed by atoms with Crippen LogP contribution in [0.2, 0.25) is 0 Å². The Labute approximate surface area is 123 Å². The van der Waals surface area contributed by atoms with Crippen LogP contribution in [-0.2, 0) is 4.79 Å². The van der Waals surface area contributed by atoms with E-state index in [9.17, 15) is 14.4 Å². The van der Waals surface area contributed by atoms with E-state index in [1.54, 1.807) is 24.3 Å². The molecule has 0 fully saturated rings. The Hall–Kier alpha value is -2.37. The predicted octanol–water partition coefficient (Wildman–Crippen LogP) is 2.51. The highest BCUT2D eigenvalue weighted by atomic mass is 16.4. The van der Waals surface area contributed by atoms with E-state index in [1.165, 1.54) is 6.92 Å². The van der Waals surface area contributed by atoms with Crippen LogP contribution in [0, 0.1) is 5.92 Å². The smallest absolute Gasteiger partial charge is 0.326 e. The summed E-state index contributed by atoms with van der Waals surface area (Å²) in [7, 11) is 0. The van der Waals surface area contributed by atoms with Crippen LogP contribution in [0.4, 0.5) is 10.5 Å². The van der Waals surface area contributed by atoms with Crippen LogP contribution in [0.3, 0.4) is 0 Å². The maximum absolute atomic E-state index is 11.8. The number of rotatable bonds is 6. The summed E-state index contributed by atoms with van der Waals surface area (Å²) >= 11 is 0.